The highest BCUT2D eigenvalue weighted by molar-refractivity contribution is 9.11. The topological polar surface area (TPSA) is 29.5 Å². The van der Waals surface area contributed by atoms with Gasteiger partial charge in [0.25, 0.3) is 0 Å². The van der Waals surface area contributed by atoms with Crippen molar-refractivity contribution in [2.75, 3.05) is 10.7 Å². The fourth-order valence-electron chi connectivity index (χ4n) is 3.25. The maximum absolute atomic E-state index is 12.6. The van der Waals surface area contributed by atoms with Gasteiger partial charge in [-0.25, -0.2) is 0 Å². The molecule has 1 atom stereocenters. The van der Waals surface area contributed by atoms with Crippen LogP contribution in [0.5, 0.6) is 5.75 Å². The van der Waals surface area contributed by atoms with E-state index in [2.05, 4.69) is 63.0 Å². The van der Waals surface area contributed by atoms with E-state index in [0.29, 0.717) is 17.4 Å². The van der Waals surface area contributed by atoms with Crippen molar-refractivity contribution < 1.29 is 9.53 Å². The lowest BCUT2D eigenvalue weighted by Gasteiger charge is -2.25. The Morgan fingerprint density at radius 3 is 2.33 bits per heavy atom. The molecule has 3 aromatic rings. The van der Waals surface area contributed by atoms with Gasteiger partial charge >= 0.3 is 0 Å². The molecule has 0 radical (unpaired) electrons. The summed E-state index contributed by atoms with van der Waals surface area (Å²) >= 11 is 14.9. The average Bonchev–Trinajstić information content (AvgIpc) is 3.11. The molecule has 0 bridgehead atoms. The van der Waals surface area contributed by atoms with Crippen molar-refractivity contribution in [3.05, 3.63) is 91.3 Å². The molecule has 0 spiro atoms. The van der Waals surface area contributed by atoms with Gasteiger partial charge in [-0.3, -0.25) is 9.69 Å². The van der Waals surface area contributed by atoms with E-state index in [-0.39, 0.29) is 11.3 Å². The van der Waals surface area contributed by atoms with Crippen LogP contribution >= 0.6 is 55.2 Å². The number of amides is 1. The highest BCUT2D eigenvalue weighted by Crippen LogP contribution is 2.45. The van der Waals surface area contributed by atoms with Gasteiger partial charge in [0.1, 0.15) is 17.7 Å². The molecular formula is C23H18Br2ClNO2S. The largest absolute Gasteiger partial charge is 0.487 e. The van der Waals surface area contributed by atoms with E-state index in [1.807, 2.05) is 29.2 Å². The minimum absolute atomic E-state index is 0.0827. The summed E-state index contributed by atoms with van der Waals surface area (Å²) in [6.07, 6.45) is 0. The molecule has 0 N–H and O–H groups in total. The molecule has 154 valence electrons. The summed E-state index contributed by atoms with van der Waals surface area (Å²) in [5.41, 5.74) is 4.18. The number of ether oxygens (including phenoxy) is 1. The van der Waals surface area contributed by atoms with Crippen molar-refractivity contribution in [3.8, 4) is 5.75 Å². The highest BCUT2D eigenvalue weighted by Gasteiger charge is 2.34. The number of rotatable bonds is 5. The molecule has 1 heterocycles. The average molecular weight is 568 g/mol. The molecule has 1 saturated heterocycles. The van der Waals surface area contributed by atoms with Gasteiger partial charge in [0.05, 0.1) is 14.7 Å². The van der Waals surface area contributed by atoms with Crippen LogP contribution in [-0.4, -0.2) is 11.7 Å². The summed E-state index contributed by atoms with van der Waals surface area (Å²) in [5.74, 6) is 1.26. The molecule has 30 heavy (non-hydrogen) atoms. The number of hydrogen-bond donors (Lipinski definition) is 0. The van der Waals surface area contributed by atoms with Crippen LogP contribution < -0.4 is 9.64 Å². The number of thioether (sulfide) groups is 1. The summed E-state index contributed by atoms with van der Waals surface area (Å²) < 4.78 is 7.75. The van der Waals surface area contributed by atoms with Gasteiger partial charge in [0.2, 0.25) is 5.91 Å². The third kappa shape index (κ3) is 4.72. The fraction of sp³-hybridized carbons (Fsp3) is 0.174. The molecule has 0 aromatic heterocycles. The maximum Gasteiger partial charge on any atom is 0.238 e. The molecule has 0 saturated carbocycles. The third-order valence-corrected chi connectivity index (χ3v) is 7.42. The Morgan fingerprint density at radius 1 is 1.07 bits per heavy atom. The Bertz CT molecular complexity index is 1050. The Balaban J connectivity index is 1.58. The smallest absolute Gasteiger partial charge is 0.238 e. The fourth-order valence-corrected chi connectivity index (χ4v) is 5.98. The first-order chi connectivity index (χ1) is 14.4. The number of hydrogen-bond acceptors (Lipinski definition) is 3. The molecule has 1 aliphatic heterocycles. The first-order valence-electron chi connectivity index (χ1n) is 9.29. The number of benzene rings is 3. The zero-order chi connectivity index (χ0) is 21.3. The number of anilines is 1. The van der Waals surface area contributed by atoms with Gasteiger partial charge in [0, 0.05) is 10.7 Å². The van der Waals surface area contributed by atoms with Crippen LogP contribution in [-0.2, 0) is 11.4 Å². The molecule has 3 aromatic carbocycles. The summed E-state index contributed by atoms with van der Waals surface area (Å²) in [5, 5.41) is 0.535. The van der Waals surface area contributed by atoms with Crippen molar-refractivity contribution in [1.82, 2.24) is 0 Å². The molecule has 3 nitrogen and oxygen atoms in total. The first kappa shape index (κ1) is 21.8. The van der Waals surface area contributed by atoms with Gasteiger partial charge in [-0.2, -0.15) is 0 Å². The predicted molar refractivity (Wildman–Crippen MR) is 131 cm³/mol. The van der Waals surface area contributed by atoms with Crippen molar-refractivity contribution >= 4 is 66.8 Å². The van der Waals surface area contributed by atoms with Crippen LogP contribution in [0.4, 0.5) is 5.69 Å². The van der Waals surface area contributed by atoms with E-state index in [4.69, 9.17) is 16.3 Å². The Hall–Kier alpha value is -1.47. The number of nitrogens with zero attached hydrogens (tertiary/aromatic N) is 1. The van der Waals surface area contributed by atoms with Crippen molar-refractivity contribution in [3.63, 3.8) is 0 Å². The maximum atomic E-state index is 12.6. The monoisotopic (exact) mass is 565 g/mol. The standard InChI is InChI=1S/C23H18Br2ClNO2S/c1-14-2-4-15(5-3-14)12-29-22-19(24)10-16(11-20(22)25)23-27(21(28)13-30-23)18-8-6-17(26)7-9-18/h2-11,23H,12-13H2,1H3/t23-/m0/s1. The van der Waals surface area contributed by atoms with E-state index >= 15 is 0 Å². The lowest BCUT2D eigenvalue weighted by Crippen LogP contribution is -2.27. The van der Waals surface area contributed by atoms with Gasteiger partial charge in [-0.1, -0.05) is 41.4 Å². The van der Waals surface area contributed by atoms with Crippen molar-refractivity contribution in [2.45, 2.75) is 18.9 Å². The molecule has 1 fully saturated rings. The lowest BCUT2D eigenvalue weighted by molar-refractivity contribution is -0.115. The summed E-state index contributed by atoms with van der Waals surface area (Å²) in [6, 6.07) is 19.7. The molecule has 4 rings (SSSR count). The van der Waals surface area contributed by atoms with Crippen LogP contribution in [0, 0.1) is 6.92 Å². The molecule has 1 amide bonds. The van der Waals surface area contributed by atoms with Crippen LogP contribution in [0.2, 0.25) is 5.02 Å². The summed E-state index contributed by atoms with van der Waals surface area (Å²) in [4.78, 5) is 14.4. The SMILES string of the molecule is Cc1ccc(COc2c(Br)cc([C@@H]3SCC(=O)N3c3ccc(Cl)cc3)cc2Br)cc1. The van der Waals surface area contributed by atoms with E-state index < -0.39 is 0 Å². The van der Waals surface area contributed by atoms with Crippen molar-refractivity contribution in [2.24, 2.45) is 0 Å². The van der Waals surface area contributed by atoms with Crippen molar-refractivity contribution in [1.29, 1.82) is 0 Å². The number of carbonyl (C=O) groups is 1. The second kappa shape index (κ2) is 9.35. The second-order valence-electron chi connectivity index (χ2n) is 6.99. The Morgan fingerprint density at radius 2 is 1.70 bits per heavy atom. The summed E-state index contributed by atoms with van der Waals surface area (Å²) in [7, 11) is 0. The Kier molecular flexibility index (Phi) is 6.78. The number of aryl methyl sites for hydroxylation is 1. The highest BCUT2D eigenvalue weighted by atomic mass is 79.9. The first-order valence-corrected chi connectivity index (χ1v) is 12.3. The van der Waals surface area contributed by atoms with E-state index in [9.17, 15) is 4.79 Å². The van der Waals surface area contributed by atoms with E-state index in [0.717, 1.165) is 31.5 Å². The minimum atomic E-state index is -0.113. The quantitative estimate of drug-likeness (QED) is 0.319. The van der Waals surface area contributed by atoms with E-state index in [1.165, 1.54) is 5.56 Å². The molecule has 1 aliphatic rings. The summed E-state index contributed by atoms with van der Waals surface area (Å²) in [6.45, 7) is 2.54. The van der Waals surface area contributed by atoms with E-state index in [1.54, 1.807) is 23.9 Å². The molecule has 0 unspecified atom stereocenters. The van der Waals surface area contributed by atoms with Gasteiger partial charge < -0.3 is 4.74 Å². The van der Waals surface area contributed by atoms with Crippen LogP contribution in [0.15, 0.2) is 69.6 Å². The second-order valence-corrected chi connectivity index (χ2v) is 10.2. The molecule has 0 aliphatic carbocycles. The molecule has 7 heteroatoms. The van der Waals surface area contributed by atoms with Gasteiger partial charge in [-0.15, -0.1) is 11.8 Å². The lowest BCUT2D eigenvalue weighted by atomic mass is 10.1. The zero-order valence-electron chi connectivity index (χ0n) is 16.1. The van der Waals surface area contributed by atoms with Crippen LogP contribution in [0.25, 0.3) is 0 Å². The predicted octanol–water partition coefficient (Wildman–Crippen LogP) is 7.53. The number of carbonyl (C=O) groups excluding carboxylic acids is 1. The Labute approximate surface area is 202 Å². The van der Waals surface area contributed by atoms with Crippen LogP contribution in [0.1, 0.15) is 22.1 Å². The molecular weight excluding hydrogens is 550 g/mol. The third-order valence-electron chi connectivity index (χ3n) is 4.78. The zero-order valence-corrected chi connectivity index (χ0v) is 20.8. The van der Waals surface area contributed by atoms with Crippen LogP contribution in [0.3, 0.4) is 0 Å². The minimum Gasteiger partial charge on any atom is -0.487 e. The van der Waals surface area contributed by atoms with Gasteiger partial charge in [0.15, 0.2) is 0 Å². The number of halogens is 3. The normalized spacial score (nSPS) is 16.2. The van der Waals surface area contributed by atoms with Gasteiger partial charge in [-0.05, 0) is 86.3 Å².